The maximum Gasteiger partial charge on any atom is 0.251 e. The number of amides is 1. The Morgan fingerprint density at radius 2 is 2.14 bits per heavy atom. The van der Waals surface area contributed by atoms with Crippen molar-refractivity contribution >= 4 is 5.91 Å². The van der Waals surface area contributed by atoms with Crippen molar-refractivity contribution in [3.05, 3.63) is 65.2 Å². The molecule has 0 aliphatic carbocycles. The molecule has 1 aromatic heterocycles. The summed E-state index contributed by atoms with van der Waals surface area (Å²) in [6.07, 6.45) is 4.37. The number of halogens is 1. The van der Waals surface area contributed by atoms with E-state index < -0.39 is 0 Å². The molecule has 0 aliphatic rings. The average Bonchev–Trinajstić information content (AvgIpc) is 2.50. The van der Waals surface area contributed by atoms with Gasteiger partial charge in [-0.15, -0.1) is 0 Å². The van der Waals surface area contributed by atoms with Gasteiger partial charge < -0.3 is 10.6 Å². The summed E-state index contributed by atoms with van der Waals surface area (Å²) in [6, 6.07) is 8.24. The quantitative estimate of drug-likeness (QED) is 0.772. The van der Waals surface area contributed by atoms with Crippen LogP contribution >= 0.6 is 0 Å². The van der Waals surface area contributed by atoms with Crippen LogP contribution in [-0.2, 0) is 6.54 Å². The van der Waals surface area contributed by atoms with Gasteiger partial charge in [0.1, 0.15) is 5.82 Å². The van der Waals surface area contributed by atoms with Crippen molar-refractivity contribution in [1.29, 1.82) is 0 Å². The summed E-state index contributed by atoms with van der Waals surface area (Å²) in [4.78, 5) is 15.9. The number of nitrogens with zero attached hydrogens (tertiary/aromatic N) is 1. The second-order valence-corrected chi connectivity index (χ2v) is 5.16. The number of hydrogen-bond acceptors (Lipinski definition) is 3. The maximum atomic E-state index is 13.2. The molecule has 1 heterocycles. The van der Waals surface area contributed by atoms with Crippen LogP contribution in [0.3, 0.4) is 0 Å². The minimum absolute atomic E-state index is 0.241. The lowest BCUT2D eigenvalue weighted by atomic mass is 10.1. The van der Waals surface area contributed by atoms with Crippen LogP contribution in [0.5, 0.6) is 0 Å². The standard InChI is InChI=1S/C17H20FN3O/c1-13-8-15(10-16(18)9-13)17(22)21-7-3-6-20-12-14-4-2-5-19-11-14/h2,4-5,8-11,20H,3,6-7,12H2,1H3,(H,21,22). The molecule has 0 saturated heterocycles. The summed E-state index contributed by atoms with van der Waals surface area (Å²) >= 11 is 0. The number of benzene rings is 1. The summed E-state index contributed by atoms with van der Waals surface area (Å²) < 4.78 is 13.2. The lowest BCUT2D eigenvalue weighted by Crippen LogP contribution is -2.27. The number of hydrogen-bond donors (Lipinski definition) is 2. The number of rotatable bonds is 7. The van der Waals surface area contributed by atoms with Crippen LogP contribution in [0.15, 0.2) is 42.7 Å². The predicted molar refractivity (Wildman–Crippen MR) is 84.0 cm³/mol. The zero-order valence-corrected chi connectivity index (χ0v) is 12.6. The van der Waals surface area contributed by atoms with Crippen molar-refractivity contribution in [2.75, 3.05) is 13.1 Å². The largest absolute Gasteiger partial charge is 0.352 e. The number of aromatic nitrogens is 1. The fourth-order valence-corrected chi connectivity index (χ4v) is 2.12. The van der Waals surface area contributed by atoms with Crippen LogP contribution in [0.4, 0.5) is 4.39 Å². The Bertz CT molecular complexity index is 596. The monoisotopic (exact) mass is 301 g/mol. The summed E-state index contributed by atoms with van der Waals surface area (Å²) in [7, 11) is 0. The molecule has 5 heteroatoms. The molecule has 0 radical (unpaired) electrons. The molecule has 4 nitrogen and oxygen atoms in total. The van der Waals surface area contributed by atoms with Gasteiger partial charge in [-0.2, -0.15) is 0 Å². The summed E-state index contributed by atoms with van der Waals surface area (Å²) in [6.45, 7) is 3.86. The van der Waals surface area contributed by atoms with E-state index in [1.54, 1.807) is 19.2 Å². The van der Waals surface area contributed by atoms with E-state index in [4.69, 9.17) is 0 Å². The molecular formula is C17H20FN3O. The van der Waals surface area contributed by atoms with E-state index in [-0.39, 0.29) is 11.7 Å². The van der Waals surface area contributed by atoms with Crippen LogP contribution in [0.2, 0.25) is 0 Å². The zero-order valence-electron chi connectivity index (χ0n) is 12.6. The van der Waals surface area contributed by atoms with Crippen molar-refractivity contribution in [1.82, 2.24) is 15.6 Å². The Morgan fingerprint density at radius 1 is 1.27 bits per heavy atom. The minimum Gasteiger partial charge on any atom is -0.352 e. The fourth-order valence-electron chi connectivity index (χ4n) is 2.12. The highest BCUT2D eigenvalue weighted by Gasteiger charge is 2.06. The van der Waals surface area contributed by atoms with Gasteiger partial charge in [0, 0.05) is 31.0 Å². The van der Waals surface area contributed by atoms with Crippen molar-refractivity contribution in [3.63, 3.8) is 0 Å². The zero-order chi connectivity index (χ0) is 15.8. The lowest BCUT2D eigenvalue weighted by Gasteiger charge is -2.07. The predicted octanol–water partition coefficient (Wildman–Crippen LogP) is 2.44. The fraction of sp³-hybridized carbons (Fsp3) is 0.294. The first-order valence-electron chi connectivity index (χ1n) is 7.30. The average molecular weight is 301 g/mol. The molecule has 2 aromatic rings. The molecule has 0 aliphatic heterocycles. The van der Waals surface area contributed by atoms with Gasteiger partial charge in [-0.1, -0.05) is 6.07 Å². The van der Waals surface area contributed by atoms with Gasteiger partial charge in [-0.25, -0.2) is 4.39 Å². The normalized spacial score (nSPS) is 10.5. The SMILES string of the molecule is Cc1cc(F)cc(C(=O)NCCCNCc2cccnc2)c1. The Balaban J connectivity index is 1.65. The molecule has 22 heavy (non-hydrogen) atoms. The van der Waals surface area contributed by atoms with Crippen molar-refractivity contribution in [3.8, 4) is 0 Å². The van der Waals surface area contributed by atoms with E-state index in [1.807, 2.05) is 18.3 Å². The minimum atomic E-state index is -0.386. The molecule has 1 amide bonds. The summed E-state index contributed by atoms with van der Waals surface area (Å²) in [5.41, 5.74) is 2.23. The molecule has 0 spiro atoms. The molecule has 2 rings (SSSR count). The Labute approximate surface area is 129 Å². The molecule has 0 atom stereocenters. The van der Waals surface area contributed by atoms with E-state index in [0.29, 0.717) is 12.1 Å². The molecule has 0 fully saturated rings. The number of aryl methyl sites for hydroxylation is 1. The lowest BCUT2D eigenvalue weighted by molar-refractivity contribution is 0.0952. The third-order valence-electron chi connectivity index (χ3n) is 3.17. The van der Waals surface area contributed by atoms with E-state index in [2.05, 4.69) is 15.6 Å². The van der Waals surface area contributed by atoms with Crippen molar-refractivity contribution < 1.29 is 9.18 Å². The molecule has 116 valence electrons. The topological polar surface area (TPSA) is 54.0 Å². The second-order valence-electron chi connectivity index (χ2n) is 5.16. The van der Waals surface area contributed by atoms with Gasteiger partial charge in [0.15, 0.2) is 0 Å². The highest BCUT2D eigenvalue weighted by Crippen LogP contribution is 2.08. The number of pyridine rings is 1. The van der Waals surface area contributed by atoms with Crippen LogP contribution in [0, 0.1) is 12.7 Å². The van der Waals surface area contributed by atoms with Gasteiger partial charge in [0.2, 0.25) is 0 Å². The van der Waals surface area contributed by atoms with Gasteiger partial charge in [0.25, 0.3) is 5.91 Å². The number of carbonyl (C=O) groups is 1. The Hall–Kier alpha value is -2.27. The van der Waals surface area contributed by atoms with Gasteiger partial charge in [-0.05, 0) is 55.3 Å². The highest BCUT2D eigenvalue weighted by atomic mass is 19.1. The second kappa shape index (κ2) is 8.24. The van der Waals surface area contributed by atoms with E-state index >= 15 is 0 Å². The summed E-state index contributed by atoms with van der Waals surface area (Å²) in [5.74, 6) is -0.627. The first kappa shape index (κ1) is 16.1. The first-order valence-corrected chi connectivity index (χ1v) is 7.30. The van der Waals surface area contributed by atoms with Crippen molar-refractivity contribution in [2.24, 2.45) is 0 Å². The molecule has 2 N–H and O–H groups in total. The molecular weight excluding hydrogens is 281 g/mol. The van der Waals surface area contributed by atoms with Crippen LogP contribution in [0.1, 0.15) is 27.9 Å². The van der Waals surface area contributed by atoms with Crippen molar-refractivity contribution in [2.45, 2.75) is 19.9 Å². The highest BCUT2D eigenvalue weighted by molar-refractivity contribution is 5.94. The molecule has 0 bridgehead atoms. The first-order chi connectivity index (χ1) is 10.6. The van der Waals surface area contributed by atoms with Crippen LogP contribution < -0.4 is 10.6 Å². The third kappa shape index (κ3) is 5.26. The number of nitrogens with one attached hydrogen (secondary N) is 2. The van der Waals surface area contributed by atoms with E-state index in [1.165, 1.54) is 12.1 Å². The molecule has 0 saturated carbocycles. The maximum absolute atomic E-state index is 13.2. The smallest absolute Gasteiger partial charge is 0.251 e. The van der Waals surface area contributed by atoms with Gasteiger partial charge in [-0.3, -0.25) is 9.78 Å². The third-order valence-corrected chi connectivity index (χ3v) is 3.17. The van der Waals surface area contributed by atoms with Crippen LogP contribution in [0.25, 0.3) is 0 Å². The Kier molecular flexibility index (Phi) is 6.03. The number of carbonyl (C=O) groups excluding carboxylic acids is 1. The van der Waals surface area contributed by atoms with E-state index in [9.17, 15) is 9.18 Å². The summed E-state index contributed by atoms with van der Waals surface area (Å²) in [5, 5.41) is 6.08. The van der Waals surface area contributed by atoms with Crippen LogP contribution in [-0.4, -0.2) is 24.0 Å². The Morgan fingerprint density at radius 3 is 2.86 bits per heavy atom. The van der Waals surface area contributed by atoms with Gasteiger partial charge >= 0.3 is 0 Å². The van der Waals surface area contributed by atoms with E-state index in [0.717, 1.165) is 30.6 Å². The molecule has 1 aromatic carbocycles. The molecule has 0 unspecified atom stereocenters. The van der Waals surface area contributed by atoms with Gasteiger partial charge in [0.05, 0.1) is 0 Å².